The average molecular weight is 373 g/mol. The number of carboxylic acids is 1. The lowest BCUT2D eigenvalue weighted by molar-refractivity contribution is -0.178. The predicted molar refractivity (Wildman–Crippen MR) is 98.5 cm³/mol. The van der Waals surface area contributed by atoms with Crippen molar-refractivity contribution in [1.29, 1.82) is 0 Å². The molecule has 3 atom stereocenters. The maximum absolute atomic E-state index is 11.9. The molecule has 1 unspecified atom stereocenters. The number of esters is 1. The summed E-state index contributed by atoms with van der Waals surface area (Å²) in [5.41, 5.74) is 0. The number of carbonyl (C=O) groups is 3. The lowest BCUT2D eigenvalue weighted by Crippen LogP contribution is -2.36. The fraction of sp³-hybridized carbons (Fsp3) is 0.842. The van der Waals surface area contributed by atoms with E-state index in [1.54, 1.807) is 20.8 Å². The number of rotatable bonds is 12. The van der Waals surface area contributed by atoms with Crippen LogP contribution < -0.4 is 5.32 Å². The van der Waals surface area contributed by atoms with E-state index < -0.39 is 24.3 Å². The lowest BCUT2D eigenvalue weighted by atomic mass is 9.92. The molecule has 0 heterocycles. The van der Waals surface area contributed by atoms with Crippen LogP contribution in [0.2, 0.25) is 0 Å². The Kier molecular flexibility index (Phi) is 11.7. The molecule has 26 heavy (non-hydrogen) atoms. The summed E-state index contributed by atoms with van der Waals surface area (Å²) < 4.78 is 10.4. The van der Waals surface area contributed by atoms with Gasteiger partial charge in [-0.25, -0.2) is 4.79 Å². The zero-order chi connectivity index (χ0) is 20.3. The molecule has 0 aliphatic carbocycles. The molecule has 0 fully saturated rings. The Morgan fingerprint density at radius 3 is 2.04 bits per heavy atom. The SMILES string of the molecule is CCC(CCNC(=O)O[C@@H](OC(=O)C(C)C)C(C)C)CC[C@H](C)C(=O)O. The van der Waals surface area contributed by atoms with Crippen molar-refractivity contribution in [1.82, 2.24) is 5.32 Å². The molecule has 1 amide bonds. The number of hydrogen-bond donors (Lipinski definition) is 2. The molecule has 0 spiro atoms. The molecule has 7 nitrogen and oxygen atoms in total. The second-order valence-electron chi connectivity index (χ2n) is 7.42. The van der Waals surface area contributed by atoms with Gasteiger partial charge in [0.05, 0.1) is 11.8 Å². The highest BCUT2D eigenvalue weighted by molar-refractivity contribution is 5.72. The van der Waals surface area contributed by atoms with Crippen LogP contribution in [0.4, 0.5) is 4.79 Å². The van der Waals surface area contributed by atoms with Crippen molar-refractivity contribution in [3.05, 3.63) is 0 Å². The minimum Gasteiger partial charge on any atom is -0.481 e. The van der Waals surface area contributed by atoms with Crippen molar-refractivity contribution in [2.45, 2.75) is 73.5 Å². The van der Waals surface area contributed by atoms with Crippen LogP contribution in [0, 0.1) is 23.7 Å². The van der Waals surface area contributed by atoms with Gasteiger partial charge in [0.1, 0.15) is 0 Å². The van der Waals surface area contributed by atoms with Crippen LogP contribution in [0.25, 0.3) is 0 Å². The van der Waals surface area contributed by atoms with Gasteiger partial charge in [0.25, 0.3) is 6.29 Å². The molecule has 0 bridgehead atoms. The van der Waals surface area contributed by atoms with Gasteiger partial charge in [0, 0.05) is 12.5 Å². The van der Waals surface area contributed by atoms with Gasteiger partial charge in [-0.1, -0.05) is 48.0 Å². The summed E-state index contributed by atoms with van der Waals surface area (Å²) in [5, 5.41) is 11.6. The van der Waals surface area contributed by atoms with Crippen molar-refractivity contribution in [3.8, 4) is 0 Å². The third-order valence-electron chi connectivity index (χ3n) is 4.30. The zero-order valence-corrected chi connectivity index (χ0v) is 16.9. The molecule has 0 aromatic carbocycles. The fourth-order valence-corrected chi connectivity index (χ4v) is 2.23. The standard InChI is InChI=1S/C19H35NO6/c1-7-15(9-8-14(6)16(21)22)10-11-20-19(24)26-18(13(4)5)25-17(23)12(2)3/h12-15,18H,7-11H2,1-6H3,(H,20,24)(H,21,22)/t14-,15?,18+/m0/s1. The first-order valence-corrected chi connectivity index (χ1v) is 9.46. The molecule has 0 aliphatic rings. The Balaban J connectivity index is 4.28. The van der Waals surface area contributed by atoms with Gasteiger partial charge in [-0.3, -0.25) is 9.59 Å². The van der Waals surface area contributed by atoms with E-state index in [-0.39, 0.29) is 17.8 Å². The number of carboxylic acid groups (broad SMARTS) is 1. The summed E-state index contributed by atoms with van der Waals surface area (Å²) in [6.07, 6.45) is 1.57. The van der Waals surface area contributed by atoms with E-state index in [1.165, 1.54) is 0 Å². The van der Waals surface area contributed by atoms with Crippen LogP contribution in [-0.2, 0) is 19.1 Å². The smallest absolute Gasteiger partial charge is 0.410 e. The Morgan fingerprint density at radius 1 is 0.962 bits per heavy atom. The third kappa shape index (κ3) is 10.3. The minimum atomic E-state index is -0.914. The molecule has 0 radical (unpaired) electrons. The second-order valence-corrected chi connectivity index (χ2v) is 7.42. The number of amides is 1. The molecule has 0 aliphatic heterocycles. The summed E-state index contributed by atoms with van der Waals surface area (Å²) >= 11 is 0. The van der Waals surface area contributed by atoms with Crippen molar-refractivity contribution in [2.24, 2.45) is 23.7 Å². The Bertz CT molecular complexity index is 449. The largest absolute Gasteiger partial charge is 0.481 e. The number of carbonyl (C=O) groups excluding carboxylic acids is 2. The van der Waals surface area contributed by atoms with E-state index in [4.69, 9.17) is 14.6 Å². The van der Waals surface area contributed by atoms with E-state index in [1.807, 2.05) is 13.8 Å². The van der Waals surface area contributed by atoms with Gasteiger partial charge in [-0.05, 0) is 25.2 Å². The van der Waals surface area contributed by atoms with E-state index in [0.717, 1.165) is 19.3 Å². The van der Waals surface area contributed by atoms with E-state index >= 15 is 0 Å². The Hall–Kier alpha value is -1.79. The summed E-state index contributed by atoms with van der Waals surface area (Å²) in [6, 6.07) is 0. The quantitative estimate of drug-likeness (QED) is 0.398. The monoisotopic (exact) mass is 373 g/mol. The minimum absolute atomic E-state index is 0.149. The zero-order valence-electron chi connectivity index (χ0n) is 16.9. The lowest BCUT2D eigenvalue weighted by Gasteiger charge is -2.23. The van der Waals surface area contributed by atoms with E-state index in [0.29, 0.717) is 18.9 Å². The van der Waals surface area contributed by atoms with Crippen LogP contribution >= 0.6 is 0 Å². The molecule has 152 valence electrons. The van der Waals surface area contributed by atoms with Gasteiger partial charge >= 0.3 is 18.0 Å². The van der Waals surface area contributed by atoms with Crippen LogP contribution in [0.5, 0.6) is 0 Å². The highest BCUT2D eigenvalue weighted by atomic mass is 16.7. The van der Waals surface area contributed by atoms with Crippen molar-refractivity contribution < 1.29 is 29.0 Å². The number of ether oxygens (including phenoxy) is 2. The van der Waals surface area contributed by atoms with Crippen molar-refractivity contribution >= 4 is 18.0 Å². The number of nitrogens with one attached hydrogen (secondary N) is 1. The van der Waals surface area contributed by atoms with Gasteiger partial charge in [0.15, 0.2) is 0 Å². The summed E-state index contributed by atoms with van der Waals surface area (Å²) in [7, 11) is 0. The normalized spacial score (nSPS) is 14.6. The van der Waals surface area contributed by atoms with Gasteiger partial charge < -0.3 is 19.9 Å². The number of hydrogen-bond acceptors (Lipinski definition) is 5. The Labute approximate surface area is 156 Å². The second kappa shape index (κ2) is 12.5. The van der Waals surface area contributed by atoms with Gasteiger partial charge in [-0.15, -0.1) is 0 Å². The van der Waals surface area contributed by atoms with Crippen LogP contribution in [0.3, 0.4) is 0 Å². The molecule has 0 saturated carbocycles. The highest BCUT2D eigenvalue weighted by Gasteiger charge is 2.24. The molecule has 2 N–H and O–H groups in total. The van der Waals surface area contributed by atoms with Crippen LogP contribution in [0.1, 0.15) is 67.2 Å². The van der Waals surface area contributed by atoms with Gasteiger partial charge in [-0.2, -0.15) is 0 Å². The molecule has 0 saturated heterocycles. The molecule has 0 rings (SSSR count). The van der Waals surface area contributed by atoms with Crippen molar-refractivity contribution in [3.63, 3.8) is 0 Å². The summed E-state index contributed by atoms with van der Waals surface area (Å²) in [4.78, 5) is 34.5. The average Bonchev–Trinajstić information content (AvgIpc) is 2.56. The van der Waals surface area contributed by atoms with Crippen LogP contribution in [0.15, 0.2) is 0 Å². The highest BCUT2D eigenvalue weighted by Crippen LogP contribution is 2.19. The molecular weight excluding hydrogens is 338 g/mol. The summed E-state index contributed by atoms with van der Waals surface area (Å²) in [5.74, 6) is -1.64. The number of aliphatic carboxylic acids is 1. The maximum atomic E-state index is 11.9. The predicted octanol–water partition coefficient (Wildman–Crippen LogP) is 3.81. The van der Waals surface area contributed by atoms with E-state index in [9.17, 15) is 14.4 Å². The molecule has 0 aromatic rings. The fourth-order valence-electron chi connectivity index (χ4n) is 2.23. The number of alkyl carbamates (subject to hydrolysis) is 1. The van der Waals surface area contributed by atoms with Crippen molar-refractivity contribution in [2.75, 3.05) is 6.54 Å². The molecular formula is C19H35NO6. The summed E-state index contributed by atoms with van der Waals surface area (Å²) in [6.45, 7) is 11.2. The first-order valence-electron chi connectivity index (χ1n) is 9.46. The topological polar surface area (TPSA) is 102 Å². The first-order chi connectivity index (χ1) is 12.1. The van der Waals surface area contributed by atoms with E-state index in [2.05, 4.69) is 12.2 Å². The van der Waals surface area contributed by atoms with Crippen LogP contribution in [-0.4, -0.2) is 36.0 Å². The first kappa shape index (κ1) is 24.2. The maximum Gasteiger partial charge on any atom is 0.410 e. The Morgan fingerprint density at radius 2 is 1.58 bits per heavy atom. The van der Waals surface area contributed by atoms with Gasteiger partial charge in [0.2, 0.25) is 0 Å². The third-order valence-corrected chi connectivity index (χ3v) is 4.30. The molecule has 7 heteroatoms. The molecule has 0 aromatic heterocycles.